The number of aliphatic hydroxyl groups excluding tert-OH is 1. The van der Waals surface area contributed by atoms with E-state index in [1.807, 2.05) is 13.8 Å². The lowest BCUT2D eigenvalue weighted by molar-refractivity contribution is 0.170. The quantitative estimate of drug-likeness (QED) is 0.773. The average molecular weight is 321 g/mol. The molecule has 21 heavy (non-hydrogen) atoms. The molecule has 4 nitrogen and oxygen atoms in total. The molecule has 1 aromatic carbocycles. The lowest BCUT2D eigenvalue weighted by Gasteiger charge is -2.31. The minimum atomic E-state index is -4.13. The Morgan fingerprint density at radius 1 is 1.24 bits per heavy atom. The van der Waals surface area contributed by atoms with Crippen molar-refractivity contribution in [1.29, 1.82) is 0 Å². The van der Waals surface area contributed by atoms with Crippen molar-refractivity contribution in [3.63, 3.8) is 0 Å². The van der Waals surface area contributed by atoms with Crippen LogP contribution in [0.4, 0.5) is 8.78 Å². The van der Waals surface area contributed by atoms with E-state index in [1.54, 1.807) is 0 Å². The van der Waals surface area contributed by atoms with Crippen LogP contribution in [-0.4, -0.2) is 26.7 Å². The first-order valence-corrected chi connectivity index (χ1v) is 8.34. The van der Waals surface area contributed by atoms with Gasteiger partial charge < -0.3 is 5.11 Å². The maximum Gasteiger partial charge on any atom is 0.243 e. The Labute approximate surface area is 124 Å². The Balaban J connectivity index is 2.98. The van der Waals surface area contributed by atoms with Crippen LogP contribution in [0.1, 0.15) is 33.1 Å². The summed E-state index contributed by atoms with van der Waals surface area (Å²) in [6.45, 7) is 3.81. The second-order valence-electron chi connectivity index (χ2n) is 5.06. The molecule has 0 saturated carbocycles. The van der Waals surface area contributed by atoms with E-state index in [4.69, 9.17) is 5.11 Å². The van der Waals surface area contributed by atoms with E-state index >= 15 is 0 Å². The molecule has 0 aliphatic heterocycles. The molecule has 2 N–H and O–H groups in total. The summed E-state index contributed by atoms with van der Waals surface area (Å²) in [5.74, 6) is -2.59. The molecule has 0 aliphatic carbocycles. The van der Waals surface area contributed by atoms with Crippen molar-refractivity contribution in [2.24, 2.45) is 5.41 Å². The molecule has 0 amide bonds. The normalized spacial score (nSPS) is 12.6. The predicted octanol–water partition coefficient (Wildman–Crippen LogP) is 2.43. The van der Waals surface area contributed by atoms with E-state index in [0.717, 1.165) is 18.2 Å². The standard InChI is InChI=1S/C14H21F2NO3S/c1-3-14(4-2,8-9-18)10-17-21(19,20)12-7-5-6-11(15)13(12)16/h5-7,17-18H,3-4,8-10H2,1-2H3. The summed E-state index contributed by atoms with van der Waals surface area (Å²) in [5, 5.41) is 9.10. The fourth-order valence-corrected chi connectivity index (χ4v) is 3.44. The third-order valence-corrected chi connectivity index (χ3v) is 5.40. The number of aliphatic hydroxyl groups is 1. The number of rotatable bonds is 8. The number of nitrogens with one attached hydrogen (secondary N) is 1. The van der Waals surface area contributed by atoms with Crippen LogP contribution in [0.15, 0.2) is 23.1 Å². The molecule has 0 heterocycles. The van der Waals surface area contributed by atoms with Gasteiger partial charge in [0.25, 0.3) is 0 Å². The molecular weight excluding hydrogens is 300 g/mol. The van der Waals surface area contributed by atoms with E-state index in [2.05, 4.69) is 4.72 Å². The Hall–Kier alpha value is -1.05. The maximum absolute atomic E-state index is 13.6. The highest BCUT2D eigenvalue weighted by molar-refractivity contribution is 7.89. The van der Waals surface area contributed by atoms with Crippen LogP contribution in [0, 0.1) is 17.0 Å². The SMILES string of the molecule is CCC(CC)(CCO)CNS(=O)(=O)c1cccc(F)c1F. The van der Waals surface area contributed by atoms with E-state index in [9.17, 15) is 17.2 Å². The number of hydrogen-bond acceptors (Lipinski definition) is 3. The molecule has 1 aromatic rings. The fourth-order valence-electron chi connectivity index (χ4n) is 2.20. The highest BCUT2D eigenvalue weighted by Crippen LogP contribution is 2.30. The highest BCUT2D eigenvalue weighted by Gasteiger charge is 2.29. The first-order chi connectivity index (χ1) is 9.82. The zero-order valence-corrected chi connectivity index (χ0v) is 13.0. The number of halogens is 2. The second-order valence-corrected chi connectivity index (χ2v) is 6.79. The van der Waals surface area contributed by atoms with Crippen molar-refractivity contribution < 1.29 is 22.3 Å². The molecular formula is C14H21F2NO3S. The highest BCUT2D eigenvalue weighted by atomic mass is 32.2. The van der Waals surface area contributed by atoms with Gasteiger partial charge in [-0.1, -0.05) is 19.9 Å². The van der Waals surface area contributed by atoms with Crippen LogP contribution in [0.25, 0.3) is 0 Å². The molecule has 0 spiro atoms. The van der Waals surface area contributed by atoms with Gasteiger partial charge in [0.1, 0.15) is 4.90 Å². The van der Waals surface area contributed by atoms with Gasteiger partial charge in [-0.15, -0.1) is 0 Å². The van der Waals surface area contributed by atoms with E-state index in [0.29, 0.717) is 19.3 Å². The molecule has 0 fully saturated rings. The smallest absolute Gasteiger partial charge is 0.243 e. The molecule has 0 saturated heterocycles. The molecule has 0 aromatic heterocycles. The third-order valence-electron chi connectivity index (χ3n) is 3.99. The minimum Gasteiger partial charge on any atom is -0.396 e. The predicted molar refractivity (Wildman–Crippen MR) is 76.3 cm³/mol. The third kappa shape index (κ3) is 4.21. The number of benzene rings is 1. The zero-order valence-electron chi connectivity index (χ0n) is 12.2. The van der Waals surface area contributed by atoms with Crippen molar-refractivity contribution in [3.8, 4) is 0 Å². The molecule has 120 valence electrons. The largest absolute Gasteiger partial charge is 0.396 e. The number of sulfonamides is 1. The number of hydrogen-bond donors (Lipinski definition) is 2. The Kier molecular flexibility index (Phi) is 6.24. The first kappa shape index (κ1) is 18.0. The van der Waals surface area contributed by atoms with Crippen LogP contribution in [0.3, 0.4) is 0 Å². The molecule has 0 unspecified atom stereocenters. The fraction of sp³-hybridized carbons (Fsp3) is 0.571. The van der Waals surface area contributed by atoms with Gasteiger partial charge in [-0.25, -0.2) is 21.9 Å². The van der Waals surface area contributed by atoms with Crippen LogP contribution in [0.2, 0.25) is 0 Å². The van der Waals surface area contributed by atoms with Crippen molar-refractivity contribution in [2.75, 3.05) is 13.2 Å². The average Bonchev–Trinajstić information content (AvgIpc) is 2.46. The second kappa shape index (κ2) is 7.29. The van der Waals surface area contributed by atoms with Crippen molar-refractivity contribution in [3.05, 3.63) is 29.8 Å². The maximum atomic E-state index is 13.6. The monoisotopic (exact) mass is 321 g/mol. The van der Waals surface area contributed by atoms with Crippen LogP contribution in [-0.2, 0) is 10.0 Å². The summed E-state index contributed by atoms with van der Waals surface area (Å²) in [5.41, 5.74) is -0.397. The summed E-state index contributed by atoms with van der Waals surface area (Å²) < 4.78 is 53.3. The summed E-state index contributed by atoms with van der Waals surface area (Å²) in [6, 6.07) is 3.03. The molecule has 0 aliphatic rings. The van der Waals surface area contributed by atoms with E-state index < -0.39 is 32.0 Å². The van der Waals surface area contributed by atoms with Gasteiger partial charge in [-0.2, -0.15) is 0 Å². The lowest BCUT2D eigenvalue weighted by Crippen LogP contribution is -2.38. The molecule has 0 bridgehead atoms. The van der Waals surface area contributed by atoms with E-state index in [1.165, 1.54) is 0 Å². The van der Waals surface area contributed by atoms with Crippen molar-refractivity contribution in [2.45, 2.75) is 38.0 Å². The Bertz CT molecular complexity index is 572. The first-order valence-electron chi connectivity index (χ1n) is 6.86. The summed E-state index contributed by atoms with van der Waals surface area (Å²) >= 11 is 0. The van der Waals surface area contributed by atoms with Crippen molar-refractivity contribution in [1.82, 2.24) is 4.72 Å². The van der Waals surface area contributed by atoms with Crippen LogP contribution < -0.4 is 4.72 Å². The van der Waals surface area contributed by atoms with E-state index in [-0.39, 0.29) is 13.2 Å². The van der Waals surface area contributed by atoms with Gasteiger partial charge in [-0.05, 0) is 36.8 Å². The van der Waals surface area contributed by atoms with Gasteiger partial charge in [-0.3, -0.25) is 0 Å². The van der Waals surface area contributed by atoms with Gasteiger partial charge in [0.15, 0.2) is 11.6 Å². The molecule has 1 rings (SSSR count). The zero-order chi connectivity index (χ0) is 16.1. The van der Waals surface area contributed by atoms with Crippen LogP contribution in [0.5, 0.6) is 0 Å². The molecule has 0 radical (unpaired) electrons. The Morgan fingerprint density at radius 2 is 1.86 bits per heavy atom. The lowest BCUT2D eigenvalue weighted by atomic mass is 9.80. The van der Waals surface area contributed by atoms with Gasteiger partial charge in [0, 0.05) is 13.2 Å². The molecule has 0 atom stereocenters. The van der Waals surface area contributed by atoms with Gasteiger partial charge in [0.05, 0.1) is 0 Å². The minimum absolute atomic E-state index is 0.0578. The van der Waals surface area contributed by atoms with Crippen LogP contribution >= 0.6 is 0 Å². The summed E-state index contributed by atoms with van der Waals surface area (Å²) in [6.07, 6.45) is 1.77. The summed E-state index contributed by atoms with van der Waals surface area (Å²) in [4.78, 5) is -0.701. The molecule has 7 heteroatoms. The topological polar surface area (TPSA) is 66.4 Å². The Morgan fingerprint density at radius 3 is 2.38 bits per heavy atom. The summed E-state index contributed by atoms with van der Waals surface area (Å²) in [7, 11) is -4.13. The van der Waals surface area contributed by atoms with Gasteiger partial charge in [0.2, 0.25) is 10.0 Å². The van der Waals surface area contributed by atoms with Crippen molar-refractivity contribution >= 4 is 10.0 Å². The van der Waals surface area contributed by atoms with Gasteiger partial charge >= 0.3 is 0 Å².